The maximum absolute atomic E-state index is 11.9. The van der Waals surface area contributed by atoms with Crippen molar-refractivity contribution in [2.45, 2.75) is 51.5 Å². The number of rotatable bonds is 4. The van der Waals surface area contributed by atoms with E-state index in [0.717, 1.165) is 25.2 Å². The van der Waals surface area contributed by atoms with Gasteiger partial charge in [-0.1, -0.05) is 37.3 Å². The molecule has 1 aliphatic carbocycles. The Kier molecular flexibility index (Phi) is 4.80. The van der Waals surface area contributed by atoms with E-state index in [4.69, 9.17) is 0 Å². The molecule has 0 bridgehead atoms. The lowest BCUT2D eigenvalue weighted by atomic mass is 9.87. The van der Waals surface area contributed by atoms with Gasteiger partial charge in [0.1, 0.15) is 0 Å². The summed E-state index contributed by atoms with van der Waals surface area (Å²) in [6.45, 7) is 2.30. The first-order valence-electron chi connectivity index (χ1n) is 7.07. The molecule has 0 radical (unpaired) electrons. The van der Waals surface area contributed by atoms with E-state index in [2.05, 4.69) is 24.4 Å². The predicted molar refractivity (Wildman–Crippen MR) is 74.3 cm³/mol. The van der Waals surface area contributed by atoms with Gasteiger partial charge in [-0.2, -0.15) is 0 Å². The smallest absolute Gasteiger partial charge is 0.220 e. The van der Waals surface area contributed by atoms with Crippen LogP contribution in [0.4, 0.5) is 0 Å². The van der Waals surface area contributed by atoms with Gasteiger partial charge in [-0.05, 0) is 43.6 Å². The van der Waals surface area contributed by atoms with E-state index in [1.807, 2.05) is 18.2 Å². The van der Waals surface area contributed by atoms with Crippen LogP contribution in [0.1, 0.15) is 44.6 Å². The normalized spacial score (nSPS) is 23.6. The largest absolute Gasteiger partial charge is 0.353 e. The molecule has 1 amide bonds. The van der Waals surface area contributed by atoms with Crippen LogP contribution in [0.3, 0.4) is 0 Å². The Bertz CT molecular complexity index is 366. The van der Waals surface area contributed by atoms with Crippen LogP contribution in [0.15, 0.2) is 30.3 Å². The number of carbonyl (C=O) groups excluding carboxylic acids is 1. The molecule has 0 spiro atoms. The van der Waals surface area contributed by atoms with Crippen molar-refractivity contribution in [1.29, 1.82) is 0 Å². The third-order valence-corrected chi connectivity index (χ3v) is 3.86. The molecule has 0 unspecified atom stereocenters. The maximum atomic E-state index is 11.9. The number of nitrogens with one attached hydrogen (secondary N) is 1. The highest BCUT2D eigenvalue weighted by atomic mass is 16.1. The van der Waals surface area contributed by atoms with Crippen LogP contribution >= 0.6 is 0 Å². The van der Waals surface area contributed by atoms with Crippen LogP contribution in [0, 0.1) is 5.92 Å². The summed E-state index contributed by atoms with van der Waals surface area (Å²) in [6.07, 6.45) is 6.26. The summed E-state index contributed by atoms with van der Waals surface area (Å²) in [5.74, 6) is 1.04. The van der Waals surface area contributed by atoms with Gasteiger partial charge in [0.05, 0.1) is 0 Å². The van der Waals surface area contributed by atoms with E-state index in [0.29, 0.717) is 12.5 Å². The Morgan fingerprint density at radius 2 is 1.83 bits per heavy atom. The fourth-order valence-corrected chi connectivity index (χ4v) is 2.61. The minimum atomic E-state index is 0.207. The van der Waals surface area contributed by atoms with Gasteiger partial charge in [-0.3, -0.25) is 4.79 Å². The van der Waals surface area contributed by atoms with Gasteiger partial charge < -0.3 is 5.32 Å². The van der Waals surface area contributed by atoms with Crippen molar-refractivity contribution in [3.8, 4) is 0 Å². The molecular weight excluding hydrogens is 222 g/mol. The van der Waals surface area contributed by atoms with Gasteiger partial charge in [0, 0.05) is 12.5 Å². The Morgan fingerprint density at radius 1 is 1.17 bits per heavy atom. The van der Waals surface area contributed by atoms with Gasteiger partial charge in [0.15, 0.2) is 0 Å². The SMILES string of the molecule is CC1CCC(NC(=O)CCc2ccccc2)CC1. The highest BCUT2D eigenvalue weighted by Gasteiger charge is 2.19. The molecule has 0 heterocycles. The number of aryl methyl sites for hydroxylation is 1. The van der Waals surface area contributed by atoms with Crippen molar-refractivity contribution in [3.63, 3.8) is 0 Å². The first-order chi connectivity index (χ1) is 8.74. The maximum Gasteiger partial charge on any atom is 0.220 e. The van der Waals surface area contributed by atoms with Crippen LogP contribution in [0.25, 0.3) is 0 Å². The molecule has 0 aromatic heterocycles. The van der Waals surface area contributed by atoms with E-state index < -0.39 is 0 Å². The summed E-state index contributed by atoms with van der Waals surface area (Å²) < 4.78 is 0. The van der Waals surface area contributed by atoms with Crippen molar-refractivity contribution in [1.82, 2.24) is 5.32 Å². The van der Waals surface area contributed by atoms with Crippen molar-refractivity contribution in [2.75, 3.05) is 0 Å². The van der Waals surface area contributed by atoms with Crippen LogP contribution in [0.2, 0.25) is 0 Å². The van der Waals surface area contributed by atoms with Crippen molar-refractivity contribution < 1.29 is 4.79 Å². The zero-order chi connectivity index (χ0) is 12.8. The zero-order valence-corrected chi connectivity index (χ0v) is 11.2. The minimum Gasteiger partial charge on any atom is -0.353 e. The monoisotopic (exact) mass is 245 g/mol. The van der Waals surface area contributed by atoms with E-state index in [-0.39, 0.29) is 5.91 Å². The molecule has 1 N–H and O–H groups in total. The summed E-state index contributed by atoms with van der Waals surface area (Å²) >= 11 is 0. The summed E-state index contributed by atoms with van der Waals surface area (Å²) in [5, 5.41) is 3.17. The molecular formula is C16H23NO. The van der Waals surface area contributed by atoms with Gasteiger partial charge in [-0.25, -0.2) is 0 Å². The second-order valence-electron chi connectivity index (χ2n) is 5.51. The van der Waals surface area contributed by atoms with Crippen LogP contribution in [0.5, 0.6) is 0 Å². The quantitative estimate of drug-likeness (QED) is 0.866. The number of hydrogen-bond donors (Lipinski definition) is 1. The third-order valence-electron chi connectivity index (χ3n) is 3.86. The molecule has 1 aromatic rings. The van der Waals surface area contributed by atoms with E-state index in [1.54, 1.807) is 0 Å². The fourth-order valence-electron chi connectivity index (χ4n) is 2.61. The lowest BCUT2D eigenvalue weighted by Crippen LogP contribution is -2.37. The van der Waals surface area contributed by atoms with Crippen LogP contribution in [-0.4, -0.2) is 11.9 Å². The minimum absolute atomic E-state index is 0.207. The standard InChI is InChI=1S/C16H23NO/c1-13-7-10-15(11-8-13)17-16(18)12-9-14-5-3-2-4-6-14/h2-6,13,15H,7-12H2,1H3,(H,17,18). The number of amides is 1. The summed E-state index contributed by atoms with van der Waals surface area (Å²) in [6, 6.07) is 10.6. The second-order valence-corrected chi connectivity index (χ2v) is 5.51. The first-order valence-corrected chi connectivity index (χ1v) is 7.07. The van der Waals surface area contributed by atoms with Crippen molar-refractivity contribution in [2.24, 2.45) is 5.92 Å². The zero-order valence-electron chi connectivity index (χ0n) is 11.2. The van der Waals surface area contributed by atoms with Crippen LogP contribution < -0.4 is 5.32 Å². The first kappa shape index (κ1) is 13.1. The summed E-state index contributed by atoms with van der Waals surface area (Å²) in [7, 11) is 0. The molecule has 2 heteroatoms. The Balaban J connectivity index is 1.69. The molecule has 1 saturated carbocycles. The average Bonchev–Trinajstić information content (AvgIpc) is 2.40. The molecule has 98 valence electrons. The number of benzene rings is 1. The lowest BCUT2D eigenvalue weighted by molar-refractivity contribution is -0.122. The molecule has 1 fully saturated rings. The Hall–Kier alpha value is -1.31. The molecule has 0 atom stereocenters. The predicted octanol–water partition coefficient (Wildman–Crippen LogP) is 3.31. The van der Waals surface area contributed by atoms with Gasteiger partial charge in [-0.15, -0.1) is 0 Å². The number of carbonyl (C=O) groups is 1. The summed E-state index contributed by atoms with van der Waals surface area (Å²) in [5.41, 5.74) is 1.24. The van der Waals surface area contributed by atoms with E-state index in [1.165, 1.54) is 18.4 Å². The van der Waals surface area contributed by atoms with Crippen molar-refractivity contribution >= 4 is 5.91 Å². The van der Waals surface area contributed by atoms with E-state index in [9.17, 15) is 4.79 Å². The molecule has 1 aromatic carbocycles. The average molecular weight is 245 g/mol. The number of hydrogen-bond acceptors (Lipinski definition) is 1. The second kappa shape index (κ2) is 6.58. The summed E-state index contributed by atoms with van der Waals surface area (Å²) in [4.78, 5) is 11.9. The molecule has 18 heavy (non-hydrogen) atoms. The van der Waals surface area contributed by atoms with Gasteiger partial charge in [0.2, 0.25) is 5.91 Å². The Labute approximate surface area is 110 Å². The molecule has 1 aliphatic rings. The lowest BCUT2D eigenvalue weighted by Gasteiger charge is -2.26. The van der Waals surface area contributed by atoms with Crippen LogP contribution in [-0.2, 0) is 11.2 Å². The highest BCUT2D eigenvalue weighted by Crippen LogP contribution is 2.23. The molecule has 0 saturated heterocycles. The highest BCUT2D eigenvalue weighted by molar-refractivity contribution is 5.76. The van der Waals surface area contributed by atoms with Gasteiger partial charge >= 0.3 is 0 Å². The fraction of sp³-hybridized carbons (Fsp3) is 0.562. The van der Waals surface area contributed by atoms with Gasteiger partial charge in [0.25, 0.3) is 0 Å². The van der Waals surface area contributed by atoms with E-state index >= 15 is 0 Å². The molecule has 0 aliphatic heterocycles. The topological polar surface area (TPSA) is 29.1 Å². The Morgan fingerprint density at radius 3 is 2.50 bits per heavy atom. The third kappa shape index (κ3) is 4.17. The van der Waals surface area contributed by atoms with Crippen molar-refractivity contribution in [3.05, 3.63) is 35.9 Å². The molecule has 2 rings (SSSR count). The molecule has 2 nitrogen and oxygen atoms in total.